The molecule has 1 aliphatic heterocycles. The summed E-state index contributed by atoms with van der Waals surface area (Å²) in [6.07, 6.45) is 2.41. The third kappa shape index (κ3) is 5.53. The molecule has 2 N–H and O–H groups in total. The predicted octanol–water partition coefficient (Wildman–Crippen LogP) is 1.93. The summed E-state index contributed by atoms with van der Waals surface area (Å²) in [6, 6.07) is 6.49. The lowest BCUT2D eigenvalue weighted by atomic mass is 9.89. The van der Waals surface area contributed by atoms with Gasteiger partial charge in [-0.2, -0.15) is 4.31 Å². The Hall–Kier alpha value is -1.44. The average Bonchev–Trinajstić information content (AvgIpc) is 2.60. The molecule has 26 heavy (non-hydrogen) atoms. The highest BCUT2D eigenvalue weighted by molar-refractivity contribution is 7.89. The van der Waals surface area contributed by atoms with Gasteiger partial charge in [-0.1, -0.05) is 39.3 Å². The first-order chi connectivity index (χ1) is 12.1. The van der Waals surface area contributed by atoms with Gasteiger partial charge in [0.1, 0.15) is 0 Å². The number of rotatable bonds is 6. The Morgan fingerprint density at radius 3 is 2.27 bits per heavy atom. The minimum atomic E-state index is -3.45. The van der Waals surface area contributed by atoms with Crippen molar-refractivity contribution in [3.8, 4) is 0 Å². The molecule has 0 aliphatic carbocycles. The van der Waals surface area contributed by atoms with E-state index in [-0.39, 0.29) is 29.2 Å². The van der Waals surface area contributed by atoms with Crippen LogP contribution in [-0.4, -0.2) is 49.5 Å². The second-order valence-electron chi connectivity index (χ2n) is 7.97. The lowest BCUT2D eigenvalue weighted by Crippen LogP contribution is -2.39. The molecule has 1 aromatic rings. The molecule has 0 bridgehead atoms. The number of hydrogen-bond acceptors (Lipinski definition) is 4. The summed E-state index contributed by atoms with van der Waals surface area (Å²) in [5.41, 5.74) is 0.447. The fourth-order valence-electron chi connectivity index (χ4n) is 2.80. The molecule has 2 rings (SSSR count). The molecule has 146 valence electrons. The van der Waals surface area contributed by atoms with Gasteiger partial charge < -0.3 is 10.4 Å². The summed E-state index contributed by atoms with van der Waals surface area (Å²) in [6.45, 7) is 7.07. The molecule has 1 unspecified atom stereocenters. The maximum atomic E-state index is 12.6. The van der Waals surface area contributed by atoms with E-state index in [9.17, 15) is 18.3 Å². The number of benzene rings is 1. The van der Waals surface area contributed by atoms with Gasteiger partial charge in [-0.15, -0.1) is 0 Å². The van der Waals surface area contributed by atoms with E-state index in [1.807, 2.05) is 20.8 Å². The fourth-order valence-corrected chi connectivity index (χ4v) is 4.32. The summed E-state index contributed by atoms with van der Waals surface area (Å²) >= 11 is 0. The van der Waals surface area contributed by atoms with Gasteiger partial charge >= 0.3 is 0 Å². The molecule has 7 heteroatoms. The van der Waals surface area contributed by atoms with Crippen molar-refractivity contribution in [2.45, 2.75) is 57.5 Å². The Bertz CT molecular complexity index is 702. The van der Waals surface area contributed by atoms with Crippen molar-refractivity contribution in [2.75, 3.05) is 19.6 Å². The molecule has 1 aliphatic rings. The van der Waals surface area contributed by atoms with E-state index in [0.717, 1.165) is 24.8 Å². The van der Waals surface area contributed by atoms with E-state index in [0.29, 0.717) is 13.1 Å². The van der Waals surface area contributed by atoms with Gasteiger partial charge in [-0.05, 0) is 36.0 Å². The highest BCUT2D eigenvalue weighted by atomic mass is 32.2. The molecule has 1 amide bonds. The minimum absolute atomic E-state index is 0.154. The Kier molecular flexibility index (Phi) is 6.82. The second-order valence-corrected chi connectivity index (χ2v) is 9.91. The maximum Gasteiger partial charge on any atom is 0.243 e. The number of carbonyl (C=O) groups is 1. The first kappa shape index (κ1) is 20.9. The predicted molar refractivity (Wildman–Crippen MR) is 101 cm³/mol. The smallest absolute Gasteiger partial charge is 0.243 e. The van der Waals surface area contributed by atoms with Crippen LogP contribution in [0.4, 0.5) is 0 Å². The van der Waals surface area contributed by atoms with Crippen molar-refractivity contribution in [3.63, 3.8) is 0 Å². The van der Waals surface area contributed by atoms with Gasteiger partial charge in [0.15, 0.2) is 0 Å². The van der Waals surface area contributed by atoms with Crippen LogP contribution in [0.5, 0.6) is 0 Å². The first-order valence-electron chi connectivity index (χ1n) is 9.14. The van der Waals surface area contributed by atoms with Gasteiger partial charge in [-0.3, -0.25) is 4.79 Å². The van der Waals surface area contributed by atoms with Crippen molar-refractivity contribution >= 4 is 15.9 Å². The van der Waals surface area contributed by atoms with Crippen LogP contribution < -0.4 is 5.32 Å². The van der Waals surface area contributed by atoms with E-state index in [1.54, 1.807) is 24.3 Å². The van der Waals surface area contributed by atoms with E-state index in [2.05, 4.69) is 5.32 Å². The van der Waals surface area contributed by atoms with Crippen molar-refractivity contribution in [1.29, 1.82) is 0 Å². The number of aliphatic hydroxyl groups excluding tert-OH is 1. The third-order valence-electron chi connectivity index (χ3n) is 4.73. The summed E-state index contributed by atoms with van der Waals surface area (Å²) in [7, 11) is -3.45. The molecule has 1 atom stereocenters. The number of carbonyl (C=O) groups excluding carboxylic acids is 1. The largest absolute Gasteiger partial charge is 0.391 e. The molecule has 1 fully saturated rings. The van der Waals surface area contributed by atoms with Gasteiger partial charge in [-0.25, -0.2) is 8.42 Å². The normalized spacial score (nSPS) is 17.7. The van der Waals surface area contributed by atoms with Crippen molar-refractivity contribution in [1.82, 2.24) is 9.62 Å². The van der Waals surface area contributed by atoms with Crippen LogP contribution in [-0.2, 0) is 21.2 Å². The number of nitrogens with zero attached hydrogens (tertiary/aromatic N) is 1. The van der Waals surface area contributed by atoms with Gasteiger partial charge in [0.25, 0.3) is 0 Å². The Balaban J connectivity index is 1.93. The number of nitrogens with one attached hydrogen (secondary N) is 1. The Morgan fingerprint density at radius 2 is 1.73 bits per heavy atom. The lowest BCUT2D eigenvalue weighted by Gasteiger charge is -2.26. The SMILES string of the molecule is CC(C)(C)C(O)CNC(=O)Cc1ccc(S(=O)(=O)N2CCCCC2)cc1. The number of sulfonamides is 1. The minimum Gasteiger partial charge on any atom is -0.391 e. The molecule has 1 saturated heterocycles. The third-order valence-corrected chi connectivity index (χ3v) is 6.65. The molecule has 1 aromatic carbocycles. The number of piperidine rings is 1. The average molecular weight is 383 g/mol. The Labute approximate surface area is 156 Å². The highest BCUT2D eigenvalue weighted by Crippen LogP contribution is 2.21. The van der Waals surface area contributed by atoms with Gasteiger partial charge in [0, 0.05) is 19.6 Å². The van der Waals surface area contributed by atoms with E-state index in [4.69, 9.17) is 0 Å². The van der Waals surface area contributed by atoms with E-state index in [1.165, 1.54) is 4.31 Å². The maximum absolute atomic E-state index is 12.6. The second kappa shape index (κ2) is 8.50. The zero-order valence-corrected chi connectivity index (χ0v) is 16.7. The van der Waals surface area contributed by atoms with E-state index < -0.39 is 16.1 Å². The topological polar surface area (TPSA) is 86.7 Å². The summed E-state index contributed by atoms with van der Waals surface area (Å²) in [5.74, 6) is -0.195. The van der Waals surface area contributed by atoms with Crippen LogP contribution in [0, 0.1) is 5.41 Å². The number of amides is 1. The lowest BCUT2D eigenvalue weighted by molar-refractivity contribution is -0.121. The molecular weight excluding hydrogens is 352 g/mol. The number of aliphatic hydroxyl groups is 1. The summed E-state index contributed by atoms with van der Waals surface area (Å²) in [4.78, 5) is 12.3. The van der Waals surface area contributed by atoms with Gasteiger partial charge in [0.05, 0.1) is 17.4 Å². The molecule has 0 aromatic heterocycles. The standard InChI is InChI=1S/C19H30N2O4S/c1-19(2,3)17(22)14-20-18(23)13-15-7-9-16(10-8-15)26(24,25)21-11-5-4-6-12-21/h7-10,17,22H,4-6,11-14H2,1-3H3,(H,20,23). The first-order valence-corrected chi connectivity index (χ1v) is 10.6. The van der Waals surface area contributed by atoms with Crippen molar-refractivity contribution in [3.05, 3.63) is 29.8 Å². The van der Waals surface area contributed by atoms with Crippen LogP contribution in [0.1, 0.15) is 45.6 Å². The fraction of sp³-hybridized carbons (Fsp3) is 0.632. The van der Waals surface area contributed by atoms with Gasteiger partial charge in [0.2, 0.25) is 15.9 Å². The number of hydrogen-bond donors (Lipinski definition) is 2. The molecule has 6 nitrogen and oxygen atoms in total. The molecular formula is C19H30N2O4S. The monoisotopic (exact) mass is 382 g/mol. The molecule has 0 saturated carbocycles. The zero-order valence-electron chi connectivity index (χ0n) is 15.9. The molecule has 0 radical (unpaired) electrons. The van der Waals surface area contributed by atoms with Crippen molar-refractivity contribution in [2.24, 2.45) is 5.41 Å². The summed E-state index contributed by atoms with van der Waals surface area (Å²) < 4.78 is 26.8. The van der Waals surface area contributed by atoms with Crippen LogP contribution in [0.15, 0.2) is 29.2 Å². The van der Waals surface area contributed by atoms with Crippen molar-refractivity contribution < 1.29 is 18.3 Å². The van der Waals surface area contributed by atoms with Crippen LogP contribution in [0.3, 0.4) is 0 Å². The van der Waals surface area contributed by atoms with Crippen LogP contribution >= 0.6 is 0 Å². The highest BCUT2D eigenvalue weighted by Gasteiger charge is 2.26. The van der Waals surface area contributed by atoms with E-state index >= 15 is 0 Å². The summed E-state index contributed by atoms with van der Waals surface area (Å²) in [5, 5.41) is 12.7. The quantitative estimate of drug-likeness (QED) is 0.787. The van der Waals surface area contributed by atoms with Crippen LogP contribution in [0.2, 0.25) is 0 Å². The Morgan fingerprint density at radius 1 is 1.15 bits per heavy atom. The van der Waals surface area contributed by atoms with Crippen LogP contribution in [0.25, 0.3) is 0 Å². The zero-order chi connectivity index (χ0) is 19.4. The molecule has 1 heterocycles. The molecule has 0 spiro atoms.